The first kappa shape index (κ1) is 9.19. The molecule has 1 rings (SSSR count). The maximum Gasteiger partial charge on any atom is 0.138 e. The third-order valence-corrected chi connectivity index (χ3v) is 2.17. The highest BCUT2D eigenvalue weighted by Crippen LogP contribution is 2.16. The van der Waals surface area contributed by atoms with E-state index in [1.165, 1.54) is 6.07 Å². The molecule has 1 aromatic carbocycles. The Kier molecular flexibility index (Phi) is 2.81. The molecule has 0 heterocycles. The summed E-state index contributed by atoms with van der Waals surface area (Å²) in [5, 5.41) is 3.46. The summed E-state index contributed by atoms with van der Waals surface area (Å²) in [6.45, 7) is 1.72. The van der Waals surface area contributed by atoms with Crippen molar-refractivity contribution < 1.29 is 4.39 Å². The summed E-state index contributed by atoms with van der Waals surface area (Å²) in [6.07, 6.45) is 0. The van der Waals surface area contributed by atoms with E-state index in [4.69, 9.17) is 5.84 Å². The van der Waals surface area contributed by atoms with Gasteiger partial charge in [0, 0.05) is 5.56 Å². The molecule has 0 aromatic heterocycles. The fraction of sp³-hybridized carbons (Fsp3) is 0.125. The zero-order chi connectivity index (χ0) is 9.14. The summed E-state index contributed by atoms with van der Waals surface area (Å²) in [5.41, 5.74) is 1.31. The fourth-order valence-electron chi connectivity index (χ4n) is 0.796. The number of halogens is 2. The predicted molar refractivity (Wildman–Crippen MR) is 50.5 cm³/mol. The minimum Gasteiger partial charge on any atom is -0.323 e. The molecule has 2 nitrogen and oxygen atoms in total. The molecule has 0 saturated heterocycles. The lowest BCUT2D eigenvalue weighted by atomic mass is 10.1. The van der Waals surface area contributed by atoms with Crippen LogP contribution in [0.2, 0.25) is 0 Å². The maximum atomic E-state index is 12.9. The van der Waals surface area contributed by atoms with Gasteiger partial charge in [-0.2, -0.15) is 5.10 Å². The van der Waals surface area contributed by atoms with Gasteiger partial charge in [-0.1, -0.05) is 6.07 Å². The second kappa shape index (κ2) is 3.67. The molecule has 0 unspecified atom stereocenters. The first-order valence-corrected chi connectivity index (χ1v) is 4.14. The number of hydrogen-bond donors (Lipinski definition) is 1. The van der Waals surface area contributed by atoms with E-state index in [0.29, 0.717) is 15.7 Å². The van der Waals surface area contributed by atoms with Crippen LogP contribution in [0.5, 0.6) is 0 Å². The molecule has 0 atom stereocenters. The smallest absolute Gasteiger partial charge is 0.138 e. The number of nitrogens with zero attached hydrogens (tertiary/aromatic N) is 1. The van der Waals surface area contributed by atoms with Gasteiger partial charge >= 0.3 is 0 Å². The molecular formula is C8H8BrFN2. The maximum absolute atomic E-state index is 12.9. The number of hydrogen-bond acceptors (Lipinski definition) is 2. The Balaban J connectivity index is 3.13. The summed E-state index contributed by atoms with van der Waals surface area (Å²) in [5.74, 6) is 4.74. The Labute approximate surface area is 78.4 Å². The fourth-order valence-corrected chi connectivity index (χ4v) is 1.04. The molecule has 0 radical (unpaired) electrons. The number of rotatable bonds is 1. The molecule has 12 heavy (non-hydrogen) atoms. The summed E-state index contributed by atoms with van der Waals surface area (Å²) in [7, 11) is 0. The highest BCUT2D eigenvalue weighted by molar-refractivity contribution is 9.10. The highest BCUT2D eigenvalue weighted by Gasteiger charge is 2.02. The van der Waals surface area contributed by atoms with Crippen LogP contribution in [-0.2, 0) is 0 Å². The number of hydrazone groups is 1. The molecular weight excluding hydrogens is 223 g/mol. The van der Waals surface area contributed by atoms with E-state index in [9.17, 15) is 4.39 Å². The van der Waals surface area contributed by atoms with Crippen molar-refractivity contribution in [1.82, 2.24) is 0 Å². The van der Waals surface area contributed by atoms with Crippen LogP contribution < -0.4 is 5.84 Å². The summed E-state index contributed by atoms with van der Waals surface area (Å²) in [4.78, 5) is 0. The van der Waals surface area contributed by atoms with E-state index in [0.717, 1.165) is 0 Å². The lowest BCUT2D eigenvalue weighted by Crippen LogP contribution is -1.99. The van der Waals surface area contributed by atoms with Gasteiger partial charge in [0.2, 0.25) is 0 Å². The van der Waals surface area contributed by atoms with E-state index in [1.54, 1.807) is 19.1 Å². The highest BCUT2D eigenvalue weighted by atomic mass is 79.9. The molecule has 4 heteroatoms. The lowest BCUT2D eigenvalue weighted by Gasteiger charge is -1.99. The molecule has 64 valence electrons. The van der Waals surface area contributed by atoms with Crippen LogP contribution >= 0.6 is 15.9 Å². The van der Waals surface area contributed by atoms with Gasteiger partial charge in [0.15, 0.2) is 0 Å². The van der Waals surface area contributed by atoms with Crippen molar-refractivity contribution in [3.8, 4) is 0 Å². The molecule has 0 aliphatic rings. The van der Waals surface area contributed by atoms with Crippen molar-refractivity contribution in [2.24, 2.45) is 10.9 Å². The zero-order valence-electron chi connectivity index (χ0n) is 6.51. The first-order chi connectivity index (χ1) is 5.65. The van der Waals surface area contributed by atoms with Crippen molar-refractivity contribution in [2.45, 2.75) is 6.92 Å². The minimum atomic E-state index is -0.310. The molecule has 0 spiro atoms. The van der Waals surface area contributed by atoms with Crippen LogP contribution in [0.15, 0.2) is 27.8 Å². The van der Waals surface area contributed by atoms with Crippen LogP contribution in [0, 0.1) is 5.82 Å². The van der Waals surface area contributed by atoms with Gasteiger partial charge in [0.1, 0.15) is 5.82 Å². The van der Waals surface area contributed by atoms with E-state index < -0.39 is 0 Å². The zero-order valence-corrected chi connectivity index (χ0v) is 8.10. The Morgan fingerprint density at radius 2 is 2.25 bits per heavy atom. The van der Waals surface area contributed by atoms with Gasteiger partial charge < -0.3 is 5.84 Å². The van der Waals surface area contributed by atoms with Gasteiger partial charge in [0.25, 0.3) is 0 Å². The van der Waals surface area contributed by atoms with Crippen molar-refractivity contribution in [3.63, 3.8) is 0 Å². The average Bonchev–Trinajstić information content (AvgIpc) is 2.08. The van der Waals surface area contributed by atoms with Crippen molar-refractivity contribution >= 4 is 21.6 Å². The van der Waals surface area contributed by atoms with Gasteiger partial charge in [0.05, 0.1) is 10.2 Å². The average molecular weight is 231 g/mol. The van der Waals surface area contributed by atoms with Gasteiger partial charge in [-0.15, -0.1) is 0 Å². The van der Waals surface area contributed by atoms with E-state index >= 15 is 0 Å². The molecule has 1 aromatic rings. The van der Waals surface area contributed by atoms with Gasteiger partial charge in [-0.25, -0.2) is 4.39 Å². The molecule has 0 aliphatic heterocycles. The van der Waals surface area contributed by atoms with Crippen molar-refractivity contribution in [1.29, 1.82) is 0 Å². The molecule has 2 N–H and O–H groups in total. The van der Waals surface area contributed by atoms with Crippen LogP contribution in [0.25, 0.3) is 0 Å². The predicted octanol–water partition coefficient (Wildman–Crippen LogP) is 2.27. The van der Waals surface area contributed by atoms with Crippen molar-refractivity contribution in [2.75, 3.05) is 0 Å². The summed E-state index contributed by atoms with van der Waals surface area (Å²) >= 11 is 3.05. The minimum absolute atomic E-state index is 0.310. The van der Waals surface area contributed by atoms with Gasteiger partial charge in [-0.05, 0) is 35.0 Å². The Hall–Kier alpha value is -0.900. The summed E-state index contributed by atoms with van der Waals surface area (Å²) in [6, 6.07) is 4.76. The first-order valence-electron chi connectivity index (χ1n) is 3.35. The Bertz CT molecular complexity index is 323. The molecule has 0 saturated carbocycles. The Morgan fingerprint density at radius 1 is 1.58 bits per heavy atom. The number of benzene rings is 1. The molecule has 0 amide bonds. The monoisotopic (exact) mass is 230 g/mol. The SMILES string of the molecule is C/C(=N/N)c1ccc(Br)c(F)c1. The van der Waals surface area contributed by atoms with Crippen LogP contribution in [0.1, 0.15) is 12.5 Å². The topological polar surface area (TPSA) is 38.4 Å². The van der Waals surface area contributed by atoms with Gasteiger partial charge in [-0.3, -0.25) is 0 Å². The molecule has 0 aliphatic carbocycles. The van der Waals surface area contributed by atoms with Crippen LogP contribution in [0.3, 0.4) is 0 Å². The third-order valence-electron chi connectivity index (χ3n) is 1.53. The number of nitrogens with two attached hydrogens (primary N) is 1. The van der Waals surface area contributed by atoms with Crippen molar-refractivity contribution in [3.05, 3.63) is 34.1 Å². The standard InChI is InChI=1S/C8H8BrFN2/c1-5(12-11)6-2-3-7(9)8(10)4-6/h2-4H,11H2,1H3/b12-5-. The molecule has 0 fully saturated rings. The third kappa shape index (κ3) is 1.82. The Morgan fingerprint density at radius 3 is 2.75 bits per heavy atom. The van der Waals surface area contributed by atoms with E-state index in [2.05, 4.69) is 21.0 Å². The quantitative estimate of drug-likeness (QED) is 0.449. The second-order valence-electron chi connectivity index (χ2n) is 2.34. The van der Waals surface area contributed by atoms with Crippen LogP contribution in [-0.4, -0.2) is 5.71 Å². The normalized spacial score (nSPS) is 11.8. The largest absolute Gasteiger partial charge is 0.323 e. The second-order valence-corrected chi connectivity index (χ2v) is 3.20. The lowest BCUT2D eigenvalue weighted by molar-refractivity contribution is 0.621. The molecule has 0 bridgehead atoms. The summed E-state index contributed by atoms with van der Waals surface area (Å²) < 4.78 is 13.4. The van der Waals surface area contributed by atoms with Crippen LogP contribution in [0.4, 0.5) is 4.39 Å². The van der Waals surface area contributed by atoms with E-state index in [-0.39, 0.29) is 5.82 Å². The van der Waals surface area contributed by atoms with E-state index in [1.807, 2.05) is 0 Å².